The van der Waals surface area contributed by atoms with Gasteiger partial charge in [0.2, 0.25) is 0 Å². The summed E-state index contributed by atoms with van der Waals surface area (Å²) in [6, 6.07) is 6.95. The molecule has 3 rings (SSSR count). The minimum absolute atomic E-state index is 0. The highest BCUT2D eigenvalue weighted by Crippen LogP contribution is 2.19. The second-order valence-electron chi connectivity index (χ2n) is 4.59. The highest BCUT2D eigenvalue weighted by molar-refractivity contribution is 7.89. The quantitative estimate of drug-likeness (QED) is 0.891. The van der Waals surface area contributed by atoms with Crippen LogP contribution >= 0.6 is 12.4 Å². The minimum Gasteiger partial charge on any atom is -0.427 e. The molecule has 1 saturated heterocycles. The van der Waals surface area contributed by atoms with Gasteiger partial charge in [-0.25, -0.2) is 13.1 Å². The Morgan fingerprint density at radius 1 is 1.25 bits per heavy atom. The Labute approximate surface area is 123 Å². The molecule has 0 saturated carbocycles. The third-order valence-electron chi connectivity index (χ3n) is 3.17. The van der Waals surface area contributed by atoms with Crippen LogP contribution in [0.5, 0.6) is 0 Å². The zero-order valence-electron chi connectivity index (χ0n) is 10.7. The molecule has 1 aliphatic rings. The maximum atomic E-state index is 12.2. The van der Waals surface area contributed by atoms with Gasteiger partial charge in [0, 0.05) is 6.04 Å². The van der Waals surface area contributed by atoms with Gasteiger partial charge in [-0.2, -0.15) is 4.98 Å². The van der Waals surface area contributed by atoms with Crippen LogP contribution in [-0.2, 0) is 10.0 Å². The molecular weight excluding hydrogens is 302 g/mol. The highest BCUT2D eigenvalue weighted by atomic mass is 35.5. The molecule has 1 aliphatic heterocycles. The molecule has 0 radical (unpaired) electrons. The Morgan fingerprint density at radius 3 is 2.65 bits per heavy atom. The number of hydrogen-bond donors (Lipinski definition) is 2. The van der Waals surface area contributed by atoms with Crippen molar-refractivity contribution in [2.45, 2.75) is 24.1 Å². The molecule has 6 nitrogen and oxygen atoms in total. The van der Waals surface area contributed by atoms with Gasteiger partial charge in [-0.05, 0) is 38.1 Å². The first kappa shape index (κ1) is 15.2. The standard InChI is InChI=1S/C12H15N3O3S.ClH/c16-19(17,15-9-5-7-13-8-6-9)12-14-10-3-1-2-4-11(10)18-12;/h1-4,9,13,15H,5-8H2;1H. The molecule has 20 heavy (non-hydrogen) atoms. The summed E-state index contributed by atoms with van der Waals surface area (Å²) in [7, 11) is -3.68. The van der Waals surface area contributed by atoms with Crippen molar-refractivity contribution >= 4 is 33.5 Å². The maximum absolute atomic E-state index is 12.2. The van der Waals surface area contributed by atoms with Gasteiger partial charge in [-0.3, -0.25) is 0 Å². The van der Waals surface area contributed by atoms with Crippen molar-refractivity contribution in [1.82, 2.24) is 15.0 Å². The number of halogens is 1. The van der Waals surface area contributed by atoms with Crippen molar-refractivity contribution in [2.24, 2.45) is 0 Å². The Bertz CT molecular complexity index is 647. The third kappa shape index (κ3) is 3.12. The van der Waals surface area contributed by atoms with E-state index in [4.69, 9.17) is 4.42 Å². The SMILES string of the molecule is Cl.O=S(=O)(NC1CCNCC1)c1nc2ccccc2o1. The highest BCUT2D eigenvalue weighted by Gasteiger charge is 2.26. The lowest BCUT2D eigenvalue weighted by molar-refractivity contribution is 0.410. The molecule has 0 atom stereocenters. The number of oxazole rings is 1. The van der Waals surface area contributed by atoms with Gasteiger partial charge in [0.25, 0.3) is 10.0 Å². The summed E-state index contributed by atoms with van der Waals surface area (Å²) >= 11 is 0. The Morgan fingerprint density at radius 2 is 1.95 bits per heavy atom. The largest absolute Gasteiger partial charge is 0.427 e. The molecule has 0 amide bonds. The molecule has 110 valence electrons. The number of fused-ring (bicyclic) bond motifs is 1. The van der Waals surface area contributed by atoms with Gasteiger partial charge in [-0.1, -0.05) is 12.1 Å². The van der Waals surface area contributed by atoms with Crippen molar-refractivity contribution in [1.29, 1.82) is 0 Å². The summed E-state index contributed by atoms with van der Waals surface area (Å²) < 4.78 is 32.3. The number of aromatic nitrogens is 1. The van der Waals surface area contributed by atoms with Crippen LogP contribution in [0, 0.1) is 0 Å². The number of sulfonamides is 1. The molecule has 0 unspecified atom stereocenters. The van der Waals surface area contributed by atoms with E-state index >= 15 is 0 Å². The van der Waals surface area contributed by atoms with E-state index in [0.29, 0.717) is 11.1 Å². The lowest BCUT2D eigenvalue weighted by atomic mass is 10.1. The van der Waals surface area contributed by atoms with Crippen LogP contribution in [0.3, 0.4) is 0 Å². The summed E-state index contributed by atoms with van der Waals surface area (Å²) in [4.78, 5) is 4.02. The molecule has 0 aliphatic carbocycles. The van der Waals surface area contributed by atoms with E-state index < -0.39 is 10.0 Å². The zero-order valence-corrected chi connectivity index (χ0v) is 12.3. The topological polar surface area (TPSA) is 84.2 Å². The second kappa shape index (κ2) is 6.09. The molecule has 8 heteroatoms. The first-order chi connectivity index (χ1) is 9.15. The van der Waals surface area contributed by atoms with Gasteiger partial charge in [0.1, 0.15) is 5.52 Å². The Balaban J connectivity index is 0.00000147. The summed E-state index contributed by atoms with van der Waals surface area (Å²) in [5, 5.41) is 2.93. The van der Waals surface area contributed by atoms with E-state index in [9.17, 15) is 8.42 Å². The van der Waals surface area contributed by atoms with Gasteiger partial charge in [-0.15, -0.1) is 12.4 Å². The molecular formula is C12H16ClN3O3S. The van der Waals surface area contributed by atoms with Crippen LogP contribution < -0.4 is 10.0 Å². The first-order valence-corrected chi connectivity index (χ1v) is 7.72. The van der Waals surface area contributed by atoms with Crippen LogP contribution in [0.15, 0.2) is 33.9 Å². The lowest BCUT2D eigenvalue weighted by Gasteiger charge is -2.22. The van der Waals surface area contributed by atoms with Crippen molar-refractivity contribution in [3.8, 4) is 0 Å². The van der Waals surface area contributed by atoms with E-state index in [1.165, 1.54) is 0 Å². The molecule has 1 aromatic heterocycles. The smallest absolute Gasteiger partial charge is 0.331 e. The third-order valence-corrected chi connectivity index (χ3v) is 4.44. The van der Waals surface area contributed by atoms with Gasteiger partial charge < -0.3 is 9.73 Å². The van der Waals surface area contributed by atoms with Crippen molar-refractivity contribution in [3.05, 3.63) is 24.3 Å². The fourth-order valence-corrected chi connectivity index (χ4v) is 3.37. The molecule has 1 fully saturated rings. The average molecular weight is 318 g/mol. The molecule has 2 aromatic rings. The summed E-state index contributed by atoms with van der Waals surface area (Å²) in [6.07, 6.45) is 1.55. The molecule has 0 bridgehead atoms. The molecule has 2 heterocycles. The van der Waals surface area contributed by atoms with Gasteiger partial charge >= 0.3 is 5.22 Å². The van der Waals surface area contributed by atoms with Crippen LogP contribution in [0.4, 0.5) is 0 Å². The second-order valence-corrected chi connectivity index (χ2v) is 6.18. The summed E-state index contributed by atoms with van der Waals surface area (Å²) in [5.74, 6) is 0. The predicted molar refractivity (Wildman–Crippen MR) is 77.5 cm³/mol. The number of benzene rings is 1. The van der Waals surface area contributed by atoms with E-state index in [1.807, 2.05) is 0 Å². The monoisotopic (exact) mass is 317 g/mol. The normalized spacial score (nSPS) is 17.0. The van der Waals surface area contributed by atoms with Crippen LogP contribution in [-0.4, -0.2) is 32.5 Å². The first-order valence-electron chi connectivity index (χ1n) is 6.24. The fraction of sp³-hybridized carbons (Fsp3) is 0.417. The van der Waals surface area contributed by atoms with Gasteiger partial charge in [0.05, 0.1) is 0 Å². The van der Waals surface area contributed by atoms with Crippen LogP contribution in [0.1, 0.15) is 12.8 Å². The average Bonchev–Trinajstić information content (AvgIpc) is 2.84. The van der Waals surface area contributed by atoms with Crippen molar-refractivity contribution in [3.63, 3.8) is 0 Å². The number of nitrogens with one attached hydrogen (secondary N) is 2. The maximum Gasteiger partial charge on any atom is 0.331 e. The summed E-state index contributed by atoms with van der Waals surface area (Å²) in [5.41, 5.74) is 1.03. The van der Waals surface area contributed by atoms with Crippen molar-refractivity contribution < 1.29 is 12.8 Å². The van der Waals surface area contributed by atoms with Gasteiger partial charge in [0.15, 0.2) is 5.58 Å². The Hall–Kier alpha value is -1.15. The minimum atomic E-state index is -3.68. The number of rotatable bonds is 3. The number of nitrogens with zero attached hydrogens (tertiary/aromatic N) is 1. The number of para-hydroxylation sites is 2. The van der Waals surface area contributed by atoms with E-state index in [1.54, 1.807) is 24.3 Å². The summed E-state index contributed by atoms with van der Waals surface area (Å²) in [6.45, 7) is 1.64. The fourth-order valence-electron chi connectivity index (χ4n) is 2.18. The number of hydrogen-bond acceptors (Lipinski definition) is 5. The van der Waals surface area contributed by atoms with Crippen LogP contribution in [0.2, 0.25) is 0 Å². The van der Waals surface area contributed by atoms with E-state index in [2.05, 4.69) is 15.0 Å². The lowest BCUT2D eigenvalue weighted by Crippen LogP contribution is -2.42. The van der Waals surface area contributed by atoms with E-state index in [0.717, 1.165) is 25.9 Å². The molecule has 2 N–H and O–H groups in total. The number of piperidine rings is 1. The zero-order chi connectivity index (χ0) is 13.3. The predicted octanol–water partition coefficient (Wildman–Crippen LogP) is 1.28. The molecule has 0 spiro atoms. The molecule has 1 aromatic carbocycles. The Kier molecular flexibility index (Phi) is 4.64. The van der Waals surface area contributed by atoms with E-state index in [-0.39, 0.29) is 23.7 Å². The van der Waals surface area contributed by atoms with Crippen LogP contribution in [0.25, 0.3) is 11.1 Å². The van der Waals surface area contributed by atoms with Crippen molar-refractivity contribution in [2.75, 3.05) is 13.1 Å².